The number of hydrogen-bond donors (Lipinski definition) is 0. The van der Waals surface area contributed by atoms with Crippen LogP contribution < -0.4 is 18.9 Å². The zero-order chi connectivity index (χ0) is 50.5. The zero-order valence-electron chi connectivity index (χ0n) is 40.6. The number of carbonyl (C=O) groups is 2. The van der Waals surface area contributed by atoms with Gasteiger partial charge in [0.25, 0.3) is 0 Å². The van der Waals surface area contributed by atoms with Gasteiger partial charge in [-0.2, -0.15) is 0 Å². The second-order valence-corrected chi connectivity index (χ2v) is 23.2. The van der Waals surface area contributed by atoms with Crippen LogP contribution in [0.5, 0.6) is 23.0 Å². The minimum absolute atomic E-state index is 0.0493. The van der Waals surface area contributed by atoms with Crippen LogP contribution in [0.1, 0.15) is 45.9 Å². The summed E-state index contributed by atoms with van der Waals surface area (Å²) in [5.74, 6) is 16.3. The van der Waals surface area contributed by atoms with Gasteiger partial charge in [0.15, 0.2) is 33.2 Å². The van der Waals surface area contributed by atoms with Crippen molar-refractivity contribution in [1.29, 1.82) is 0 Å². The van der Waals surface area contributed by atoms with Gasteiger partial charge in [-0.1, -0.05) is 47.2 Å². The van der Waals surface area contributed by atoms with Gasteiger partial charge in [0.05, 0.1) is 38.2 Å². The van der Waals surface area contributed by atoms with Gasteiger partial charge in [-0.05, 0) is 170 Å². The normalized spacial score (nSPS) is 10.8. The molecule has 4 aromatic heterocycles. The number of methoxy groups -OCH3 is 4. The number of hydrogen-bond acceptors (Lipinski definition) is 12. The highest BCUT2D eigenvalue weighted by Crippen LogP contribution is 2.51. The topological polar surface area (TPSA) is 71.1 Å². The highest BCUT2D eigenvalue weighted by Gasteiger charge is 2.24. The van der Waals surface area contributed by atoms with Crippen LogP contribution in [-0.2, 0) is 9.59 Å². The maximum absolute atomic E-state index is 11.7. The maximum Gasteiger partial charge on any atom is 0.190 e. The second-order valence-electron chi connectivity index (χ2n) is 16.4. The highest BCUT2D eigenvalue weighted by molar-refractivity contribution is 8.13. The Morgan fingerprint density at radius 2 is 0.792 bits per heavy atom. The van der Waals surface area contributed by atoms with Crippen molar-refractivity contribution < 1.29 is 28.5 Å². The van der Waals surface area contributed by atoms with Crippen LogP contribution in [0.3, 0.4) is 0 Å². The van der Waals surface area contributed by atoms with E-state index in [1.54, 1.807) is 87.6 Å². The molecule has 0 bridgehead atoms. The Morgan fingerprint density at radius 1 is 0.403 bits per heavy atom. The van der Waals surface area contributed by atoms with Crippen LogP contribution in [0.15, 0.2) is 143 Å². The Bertz CT molecular complexity index is 3380. The summed E-state index contributed by atoms with van der Waals surface area (Å²) < 4.78 is 22.7. The minimum atomic E-state index is 0.0493. The summed E-state index contributed by atoms with van der Waals surface area (Å²) in [5.41, 5.74) is 10.6. The minimum Gasteiger partial charge on any atom is -0.493 e. The summed E-state index contributed by atoms with van der Waals surface area (Å²) in [4.78, 5) is 33.8. The molecule has 4 heterocycles. The molecule has 358 valence electrons. The fourth-order valence-corrected chi connectivity index (χ4v) is 13.4. The van der Waals surface area contributed by atoms with E-state index in [1.165, 1.54) is 23.5 Å². The van der Waals surface area contributed by atoms with Crippen molar-refractivity contribution >= 4 is 79.1 Å². The average Bonchev–Trinajstić information content (AvgIpc) is 4.22. The van der Waals surface area contributed by atoms with Crippen molar-refractivity contribution in [1.82, 2.24) is 0 Å². The third-order valence-corrected chi connectivity index (χ3v) is 17.8. The molecule has 72 heavy (non-hydrogen) atoms. The molecule has 0 fully saturated rings. The van der Waals surface area contributed by atoms with Crippen molar-refractivity contribution in [2.75, 3.05) is 28.4 Å². The van der Waals surface area contributed by atoms with Crippen molar-refractivity contribution in [2.45, 2.75) is 37.5 Å². The molecule has 9 rings (SSSR count). The number of benzene rings is 5. The predicted octanol–water partition coefficient (Wildman–Crippen LogP) is 16.7. The number of thioether (sulfide) groups is 2. The zero-order valence-corrected chi connectivity index (χ0v) is 45.5. The van der Waals surface area contributed by atoms with Crippen LogP contribution in [0, 0.1) is 37.5 Å². The molecule has 0 N–H and O–H groups in total. The van der Waals surface area contributed by atoms with Crippen LogP contribution >= 0.6 is 68.9 Å². The van der Waals surface area contributed by atoms with Gasteiger partial charge in [-0.3, -0.25) is 9.59 Å². The summed E-state index contributed by atoms with van der Waals surface area (Å²) in [6.45, 7) is 7.51. The number of carbonyl (C=O) groups excluding carboxylic acids is 2. The lowest BCUT2D eigenvalue weighted by atomic mass is 9.92. The summed E-state index contributed by atoms with van der Waals surface area (Å²) in [6.07, 6.45) is 0. The van der Waals surface area contributed by atoms with Gasteiger partial charge in [0, 0.05) is 86.3 Å². The monoisotopic (exact) mass is 1050 g/mol. The Balaban J connectivity index is 1.22. The molecule has 0 aliphatic rings. The lowest BCUT2D eigenvalue weighted by molar-refractivity contribution is -0.109. The molecule has 0 radical (unpaired) electrons. The Kier molecular flexibility index (Phi) is 15.6. The first-order valence-corrected chi connectivity index (χ1v) is 27.5. The summed E-state index contributed by atoms with van der Waals surface area (Å²) in [6, 6.07) is 45.5. The van der Waals surface area contributed by atoms with E-state index in [0.29, 0.717) is 23.0 Å². The largest absolute Gasteiger partial charge is 0.493 e. The van der Waals surface area contributed by atoms with Gasteiger partial charge in [0.1, 0.15) is 0 Å². The fourth-order valence-electron chi connectivity index (χ4n) is 8.06. The van der Waals surface area contributed by atoms with Gasteiger partial charge >= 0.3 is 0 Å². The third kappa shape index (κ3) is 11.3. The van der Waals surface area contributed by atoms with Gasteiger partial charge < -0.3 is 18.9 Å². The quantitative estimate of drug-likeness (QED) is 0.0885. The molecular formula is C60H46O6S6. The molecule has 6 nitrogen and oxygen atoms in total. The van der Waals surface area contributed by atoms with E-state index < -0.39 is 0 Å². The maximum atomic E-state index is 11.7. The summed E-state index contributed by atoms with van der Waals surface area (Å²) in [7, 11) is 6.62. The molecule has 0 atom stereocenters. The Morgan fingerprint density at radius 3 is 1.15 bits per heavy atom. The lowest BCUT2D eigenvalue weighted by Crippen LogP contribution is -1.90. The molecule has 0 aliphatic carbocycles. The van der Waals surface area contributed by atoms with Crippen molar-refractivity contribution in [3.05, 3.63) is 165 Å². The van der Waals surface area contributed by atoms with E-state index in [2.05, 4.69) is 98.2 Å². The van der Waals surface area contributed by atoms with Gasteiger partial charge in [-0.15, -0.1) is 45.3 Å². The van der Waals surface area contributed by atoms with Crippen LogP contribution in [0.4, 0.5) is 0 Å². The Labute approximate surface area is 445 Å². The van der Waals surface area contributed by atoms with E-state index in [9.17, 15) is 9.59 Å². The van der Waals surface area contributed by atoms with E-state index in [1.807, 2.05) is 72.8 Å². The molecule has 0 saturated heterocycles. The van der Waals surface area contributed by atoms with Crippen molar-refractivity contribution in [3.63, 3.8) is 0 Å². The highest BCUT2D eigenvalue weighted by atomic mass is 32.2. The SMILES string of the molecule is COc1ccc(-c2cc(C)c(-c3cc(-c4ccc(C#Cc5ccc(SC(C)=O)cc5)s4)c(-c4sc(-c5ccc(OC)c(OC)c5)cc4C)cc3-c3ccc(C#Cc4ccc(SC(C)=O)cc4)s3)s2)cc1OC. The first kappa shape index (κ1) is 50.2. The third-order valence-electron chi connectivity index (χ3n) is 11.5. The average molecular weight is 1060 g/mol. The first-order chi connectivity index (χ1) is 34.9. The van der Waals surface area contributed by atoms with Crippen LogP contribution in [0.2, 0.25) is 0 Å². The van der Waals surface area contributed by atoms with E-state index >= 15 is 0 Å². The standard InChI is InChI=1S/C60H46O6S6/c1-35-29-57(41-15-25-51(63-5)53(31-41)65-7)71-59(35)49-33-48(56-28-24-46(70-56)22-14-40-11-19-44(20-12-40)68-38(4)62)50(60-36(2)30-58(72-60)42-16-26-52(64-6)54(32-42)66-8)34-47(49)55-27-23-45(69-55)21-13-39-9-17-43(18-10-39)67-37(3)61/h9-12,15-20,23-34H,1-8H3. The molecule has 9 aromatic rings. The van der Waals surface area contributed by atoms with Gasteiger partial charge in [-0.25, -0.2) is 0 Å². The summed E-state index contributed by atoms with van der Waals surface area (Å²) >= 11 is 9.29. The Hall–Kier alpha value is -6.74. The number of rotatable bonds is 12. The number of thiophene rings is 4. The smallest absolute Gasteiger partial charge is 0.190 e. The molecule has 5 aromatic carbocycles. The number of ether oxygens (including phenoxy) is 4. The lowest BCUT2D eigenvalue weighted by Gasteiger charge is -2.16. The molecule has 0 unspecified atom stereocenters. The van der Waals surface area contributed by atoms with Crippen molar-refractivity contribution in [3.8, 4) is 109 Å². The van der Waals surface area contributed by atoms with E-state index in [-0.39, 0.29) is 10.2 Å². The van der Waals surface area contributed by atoms with E-state index in [4.69, 9.17) is 18.9 Å². The predicted molar refractivity (Wildman–Crippen MR) is 304 cm³/mol. The second kappa shape index (κ2) is 22.4. The van der Waals surface area contributed by atoms with Crippen LogP contribution in [0.25, 0.3) is 62.6 Å². The molecular weight excluding hydrogens is 1010 g/mol. The van der Waals surface area contributed by atoms with Crippen LogP contribution in [-0.4, -0.2) is 38.7 Å². The fraction of sp³-hybridized carbons (Fsp3) is 0.133. The van der Waals surface area contributed by atoms with E-state index in [0.717, 1.165) is 104 Å². The first-order valence-electron chi connectivity index (χ1n) is 22.6. The molecule has 0 aliphatic heterocycles. The van der Waals surface area contributed by atoms with Gasteiger partial charge in [0.2, 0.25) is 0 Å². The van der Waals surface area contributed by atoms with Crippen molar-refractivity contribution in [2.24, 2.45) is 0 Å². The molecule has 0 saturated carbocycles. The molecule has 12 heteroatoms. The molecule has 0 spiro atoms. The number of aryl methyl sites for hydroxylation is 2. The molecule has 0 amide bonds. The summed E-state index contributed by atoms with van der Waals surface area (Å²) in [5, 5.41) is 0.0986.